The largest absolute Gasteiger partial charge is 0.207 e. The van der Waals surface area contributed by atoms with Crippen molar-refractivity contribution < 1.29 is 4.39 Å². The van der Waals surface area contributed by atoms with Crippen LogP contribution in [0.15, 0.2) is 83.9 Å². The quantitative estimate of drug-likeness (QED) is 0.441. The van der Waals surface area contributed by atoms with E-state index in [1.165, 1.54) is 12.1 Å². The van der Waals surface area contributed by atoms with Gasteiger partial charge in [-0.15, -0.1) is 10.2 Å². The number of thioether (sulfide) groups is 1. The molecule has 0 bridgehead atoms. The van der Waals surface area contributed by atoms with Crippen LogP contribution in [-0.4, -0.2) is 10.2 Å². The van der Waals surface area contributed by atoms with Crippen LogP contribution < -0.4 is 0 Å². The molecule has 0 N–H and O–H groups in total. The highest BCUT2D eigenvalue weighted by Crippen LogP contribution is 2.32. The number of fused-ring (bicyclic) bond motifs is 1. The SMILES string of the molecule is Fc1ccc(CSc2nnc(-c3ccccc3)c3ccccc23)cc1. The first-order valence-corrected chi connectivity index (χ1v) is 8.98. The topological polar surface area (TPSA) is 25.8 Å². The molecule has 0 spiro atoms. The van der Waals surface area contributed by atoms with Crippen LogP contribution in [0.1, 0.15) is 5.56 Å². The summed E-state index contributed by atoms with van der Waals surface area (Å²) in [6.07, 6.45) is 0. The van der Waals surface area contributed by atoms with E-state index >= 15 is 0 Å². The minimum absolute atomic E-state index is 0.216. The van der Waals surface area contributed by atoms with E-state index in [-0.39, 0.29) is 5.82 Å². The van der Waals surface area contributed by atoms with Crippen LogP contribution in [0.2, 0.25) is 0 Å². The van der Waals surface area contributed by atoms with Crippen LogP contribution >= 0.6 is 11.8 Å². The molecular formula is C21H15FN2S. The number of hydrogen-bond acceptors (Lipinski definition) is 3. The molecule has 0 aliphatic heterocycles. The Bertz CT molecular complexity index is 1000. The van der Waals surface area contributed by atoms with Crippen molar-refractivity contribution in [1.29, 1.82) is 0 Å². The zero-order valence-electron chi connectivity index (χ0n) is 13.4. The Hall–Kier alpha value is -2.72. The van der Waals surface area contributed by atoms with Crippen LogP contribution in [0.5, 0.6) is 0 Å². The number of benzene rings is 3. The molecule has 0 atom stereocenters. The first-order valence-electron chi connectivity index (χ1n) is 7.99. The fourth-order valence-corrected chi connectivity index (χ4v) is 3.66. The molecule has 0 saturated carbocycles. The van der Waals surface area contributed by atoms with E-state index in [4.69, 9.17) is 0 Å². The van der Waals surface area contributed by atoms with Crippen molar-refractivity contribution in [3.8, 4) is 11.3 Å². The minimum Gasteiger partial charge on any atom is -0.207 e. The normalized spacial score (nSPS) is 10.9. The number of hydrogen-bond donors (Lipinski definition) is 0. The molecule has 0 aliphatic rings. The zero-order chi connectivity index (χ0) is 17.1. The van der Waals surface area contributed by atoms with Crippen LogP contribution in [0.3, 0.4) is 0 Å². The summed E-state index contributed by atoms with van der Waals surface area (Å²) in [5.74, 6) is 0.509. The molecule has 4 heteroatoms. The van der Waals surface area contributed by atoms with Gasteiger partial charge in [-0.05, 0) is 17.7 Å². The smallest absolute Gasteiger partial charge is 0.127 e. The Kier molecular flexibility index (Phi) is 4.44. The summed E-state index contributed by atoms with van der Waals surface area (Å²) in [5.41, 5.74) is 3.01. The Balaban J connectivity index is 1.70. The van der Waals surface area contributed by atoms with E-state index in [2.05, 4.69) is 22.3 Å². The van der Waals surface area contributed by atoms with Gasteiger partial charge in [0.25, 0.3) is 0 Å². The van der Waals surface area contributed by atoms with Gasteiger partial charge in [0.1, 0.15) is 16.5 Å². The zero-order valence-corrected chi connectivity index (χ0v) is 14.2. The molecule has 2 nitrogen and oxygen atoms in total. The average molecular weight is 346 g/mol. The van der Waals surface area contributed by atoms with Crippen molar-refractivity contribution in [2.75, 3.05) is 0 Å². The summed E-state index contributed by atoms with van der Waals surface area (Å²) in [6, 6.07) is 24.8. The van der Waals surface area contributed by atoms with Crippen molar-refractivity contribution >= 4 is 22.5 Å². The third kappa shape index (κ3) is 3.39. The molecule has 0 saturated heterocycles. The molecule has 3 aromatic carbocycles. The molecule has 4 aromatic rings. The first kappa shape index (κ1) is 15.8. The van der Waals surface area contributed by atoms with Gasteiger partial charge in [0, 0.05) is 22.1 Å². The van der Waals surface area contributed by atoms with Crippen LogP contribution in [0.4, 0.5) is 4.39 Å². The number of halogens is 1. The van der Waals surface area contributed by atoms with Gasteiger partial charge in [0.2, 0.25) is 0 Å². The van der Waals surface area contributed by atoms with E-state index in [0.717, 1.165) is 38.4 Å². The fraction of sp³-hybridized carbons (Fsp3) is 0.0476. The molecule has 0 fully saturated rings. The summed E-state index contributed by atoms with van der Waals surface area (Å²) in [6.45, 7) is 0. The van der Waals surface area contributed by atoms with Gasteiger partial charge < -0.3 is 0 Å². The monoisotopic (exact) mass is 346 g/mol. The highest BCUT2D eigenvalue weighted by Gasteiger charge is 2.11. The maximum atomic E-state index is 13.0. The molecule has 0 radical (unpaired) electrons. The van der Waals surface area contributed by atoms with E-state index in [9.17, 15) is 4.39 Å². The van der Waals surface area contributed by atoms with Gasteiger partial charge in [0.15, 0.2) is 0 Å². The van der Waals surface area contributed by atoms with Crippen molar-refractivity contribution in [2.24, 2.45) is 0 Å². The lowest BCUT2D eigenvalue weighted by Crippen LogP contribution is -1.94. The predicted molar refractivity (Wildman–Crippen MR) is 101 cm³/mol. The molecule has 122 valence electrons. The van der Waals surface area contributed by atoms with E-state index < -0.39 is 0 Å². The van der Waals surface area contributed by atoms with Crippen LogP contribution in [0.25, 0.3) is 22.0 Å². The lowest BCUT2D eigenvalue weighted by Gasteiger charge is -2.09. The molecule has 1 aromatic heterocycles. The lowest BCUT2D eigenvalue weighted by atomic mass is 10.1. The summed E-state index contributed by atoms with van der Waals surface area (Å²) >= 11 is 1.62. The van der Waals surface area contributed by atoms with Gasteiger partial charge in [-0.3, -0.25) is 0 Å². The van der Waals surface area contributed by atoms with Crippen molar-refractivity contribution in [3.05, 3.63) is 90.2 Å². The summed E-state index contributed by atoms with van der Waals surface area (Å²) in [5, 5.41) is 12.0. The van der Waals surface area contributed by atoms with E-state index in [0.29, 0.717) is 0 Å². The number of nitrogens with zero attached hydrogens (tertiary/aromatic N) is 2. The van der Waals surface area contributed by atoms with Gasteiger partial charge >= 0.3 is 0 Å². The third-order valence-corrected chi connectivity index (χ3v) is 5.04. The molecule has 0 aliphatic carbocycles. The van der Waals surface area contributed by atoms with Gasteiger partial charge in [0.05, 0.1) is 0 Å². The van der Waals surface area contributed by atoms with E-state index in [1.807, 2.05) is 42.5 Å². The van der Waals surface area contributed by atoms with Crippen molar-refractivity contribution in [1.82, 2.24) is 10.2 Å². The second-order valence-electron chi connectivity index (χ2n) is 5.68. The highest BCUT2D eigenvalue weighted by molar-refractivity contribution is 7.98. The van der Waals surface area contributed by atoms with Crippen LogP contribution in [0, 0.1) is 5.82 Å². The van der Waals surface area contributed by atoms with Crippen molar-refractivity contribution in [3.63, 3.8) is 0 Å². The maximum Gasteiger partial charge on any atom is 0.127 e. The highest BCUT2D eigenvalue weighted by atomic mass is 32.2. The summed E-state index contributed by atoms with van der Waals surface area (Å²) < 4.78 is 13.0. The molecule has 1 heterocycles. The molecule has 0 unspecified atom stereocenters. The second-order valence-corrected chi connectivity index (χ2v) is 6.64. The van der Waals surface area contributed by atoms with Crippen molar-refractivity contribution in [2.45, 2.75) is 10.8 Å². The Morgan fingerprint density at radius 1 is 0.720 bits per heavy atom. The average Bonchev–Trinajstić information content (AvgIpc) is 2.68. The summed E-state index contributed by atoms with van der Waals surface area (Å²) in [7, 11) is 0. The Morgan fingerprint density at radius 3 is 2.16 bits per heavy atom. The van der Waals surface area contributed by atoms with Gasteiger partial charge in [-0.25, -0.2) is 4.39 Å². The first-order chi connectivity index (χ1) is 12.3. The Morgan fingerprint density at radius 2 is 1.40 bits per heavy atom. The third-order valence-electron chi connectivity index (χ3n) is 3.99. The fourth-order valence-electron chi connectivity index (χ4n) is 2.73. The van der Waals surface area contributed by atoms with Crippen LogP contribution in [-0.2, 0) is 5.75 Å². The predicted octanol–water partition coefficient (Wildman–Crippen LogP) is 5.73. The number of aromatic nitrogens is 2. The second kappa shape index (κ2) is 7.03. The van der Waals surface area contributed by atoms with Gasteiger partial charge in [-0.2, -0.15) is 0 Å². The minimum atomic E-state index is -0.216. The maximum absolute atomic E-state index is 13.0. The lowest BCUT2D eigenvalue weighted by molar-refractivity contribution is 0.627. The molecule has 25 heavy (non-hydrogen) atoms. The molecule has 0 amide bonds. The van der Waals surface area contributed by atoms with E-state index in [1.54, 1.807) is 23.9 Å². The standard InChI is InChI=1S/C21H15FN2S/c22-17-12-10-15(11-13-17)14-25-21-19-9-5-4-8-18(19)20(23-24-21)16-6-2-1-3-7-16/h1-13H,14H2. The van der Waals surface area contributed by atoms with Gasteiger partial charge in [-0.1, -0.05) is 78.5 Å². The Labute approximate surface area is 149 Å². The molecule has 4 rings (SSSR count). The summed E-state index contributed by atoms with van der Waals surface area (Å²) in [4.78, 5) is 0. The number of rotatable bonds is 4. The molecular weight excluding hydrogens is 331 g/mol.